The molecule has 0 atom stereocenters. The highest BCUT2D eigenvalue weighted by atomic mass is 19.1. The first-order valence-corrected chi connectivity index (χ1v) is 10.7. The van der Waals surface area contributed by atoms with Crippen molar-refractivity contribution >= 4 is 18.0 Å². The number of rotatable bonds is 5. The van der Waals surface area contributed by atoms with Crippen LogP contribution in [-0.4, -0.2) is 65.3 Å². The minimum atomic E-state index is -0.535. The summed E-state index contributed by atoms with van der Waals surface area (Å²) in [5, 5.41) is 14.9. The largest absolute Gasteiger partial charge is 0.444 e. The lowest BCUT2D eigenvalue weighted by Gasteiger charge is -2.32. The van der Waals surface area contributed by atoms with Gasteiger partial charge in [-0.3, -0.25) is 0 Å². The predicted octanol–water partition coefficient (Wildman–Crippen LogP) is 3.80. The Kier molecular flexibility index (Phi) is 6.14. The van der Waals surface area contributed by atoms with Crippen molar-refractivity contribution in [3.63, 3.8) is 0 Å². The quantitative estimate of drug-likeness (QED) is 0.673. The van der Waals surface area contributed by atoms with Gasteiger partial charge < -0.3 is 29.6 Å². The standard InChI is InChI=1S/C22H28FN5O4/c1-22(2,3)31-21(29)28-6-4-13(5-7-28)19-26-20(32-27-19)16-9-18(25-15-11-30-12-15)14(10-24)8-17(16)23/h8-10,13,15,24-25H,4-7,11-12H2,1-3H3. The summed E-state index contributed by atoms with van der Waals surface area (Å²) in [6, 6.07) is 3.00. The van der Waals surface area contributed by atoms with Crippen LogP contribution in [0.25, 0.3) is 11.5 Å². The SMILES string of the molecule is CC(C)(C)OC(=O)N1CCC(c2noc(-c3cc(NC4COC4)c(C=N)cc3F)n2)CC1. The molecular formula is C22H28FN5O4. The van der Waals surface area contributed by atoms with Crippen molar-refractivity contribution in [2.45, 2.75) is 51.2 Å². The smallest absolute Gasteiger partial charge is 0.410 e. The van der Waals surface area contributed by atoms with E-state index in [-0.39, 0.29) is 29.5 Å². The molecule has 2 aliphatic heterocycles. The zero-order valence-corrected chi connectivity index (χ0v) is 18.5. The summed E-state index contributed by atoms with van der Waals surface area (Å²) in [6.07, 6.45) is 2.12. The summed E-state index contributed by atoms with van der Waals surface area (Å²) < 4.78 is 30.7. The third-order valence-electron chi connectivity index (χ3n) is 5.48. The average Bonchev–Trinajstić information content (AvgIpc) is 3.20. The fourth-order valence-corrected chi connectivity index (χ4v) is 3.69. The van der Waals surface area contributed by atoms with E-state index in [0.29, 0.717) is 56.2 Å². The number of amides is 1. The minimum Gasteiger partial charge on any atom is -0.444 e. The molecule has 9 nitrogen and oxygen atoms in total. The highest BCUT2D eigenvalue weighted by molar-refractivity contribution is 5.87. The highest BCUT2D eigenvalue weighted by Crippen LogP contribution is 2.32. The Labute approximate surface area is 185 Å². The number of benzene rings is 1. The summed E-state index contributed by atoms with van der Waals surface area (Å²) in [5.41, 5.74) is 0.707. The van der Waals surface area contributed by atoms with Gasteiger partial charge in [-0.05, 0) is 45.7 Å². The Bertz CT molecular complexity index is 991. The van der Waals surface area contributed by atoms with Crippen molar-refractivity contribution in [1.82, 2.24) is 15.0 Å². The average molecular weight is 445 g/mol. The lowest BCUT2D eigenvalue weighted by atomic mass is 9.96. The molecule has 0 aliphatic carbocycles. The monoisotopic (exact) mass is 445 g/mol. The van der Waals surface area contributed by atoms with Crippen LogP contribution in [0.4, 0.5) is 14.9 Å². The first-order valence-electron chi connectivity index (χ1n) is 10.7. The van der Waals surface area contributed by atoms with Crippen LogP contribution in [0.15, 0.2) is 16.7 Å². The van der Waals surface area contributed by atoms with Crippen molar-refractivity contribution in [2.75, 3.05) is 31.6 Å². The van der Waals surface area contributed by atoms with Gasteiger partial charge in [-0.25, -0.2) is 9.18 Å². The maximum atomic E-state index is 14.7. The van der Waals surface area contributed by atoms with Crippen LogP contribution in [0.1, 0.15) is 50.9 Å². The molecule has 0 radical (unpaired) electrons. The number of anilines is 1. The third-order valence-corrected chi connectivity index (χ3v) is 5.48. The molecule has 3 heterocycles. The van der Waals surface area contributed by atoms with Gasteiger partial charge in [0.2, 0.25) is 0 Å². The van der Waals surface area contributed by atoms with E-state index in [1.165, 1.54) is 6.07 Å². The number of piperidine rings is 1. The summed E-state index contributed by atoms with van der Waals surface area (Å²) in [6.45, 7) is 7.72. The number of hydrogen-bond donors (Lipinski definition) is 2. The molecule has 32 heavy (non-hydrogen) atoms. The Morgan fingerprint density at radius 1 is 1.31 bits per heavy atom. The number of hydrogen-bond acceptors (Lipinski definition) is 8. The van der Waals surface area contributed by atoms with Crippen molar-refractivity contribution in [3.05, 3.63) is 29.3 Å². The number of nitrogens with zero attached hydrogens (tertiary/aromatic N) is 3. The normalized spacial score (nSPS) is 17.7. The van der Waals surface area contributed by atoms with Gasteiger partial charge in [0, 0.05) is 36.5 Å². The Morgan fingerprint density at radius 2 is 2.03 bits per heavy atom. The van der Waals surface area contributed by atoms with E-state index in [0.717, 1.165) is 6.21 Å². The number of aromatic nitrogens is 2. The first kappa shape index (κ1) is 22.2. The molecule has 2 aromatic rings. The van der Waals surface area contributed by atoms with Gasteiger partial charge in [0.25, 0.3) is 5.89 Å². The van der Waals surface area contributed by atoms with Crippen LogP contribution in [0.2, 0.25) is 0 Å². The third kappa shape index (κ3) is 4.90. The molecule has 1 aromatic heterocycles. The molecule has 2 N–H and O–H groups in total. The van der Waals surface area contributed by atoms with Crippen LogP contribution < -0.4 is 5.32 Å². The molecule has 2 saturated heterocycles. The molecular weight excluding hydrogens is 417 g/mol. The first-order chi connectivity index (χ1) is 15.2. The summed E-state index contributed by atoms with van der Waals surface area (Å²) in [7, 11) is 0. The van der Waals surface area contributed by atoms with Gasteiger partial charge in [-0.15, -0.1) is 0 Å². The lowest BCUT2D eigenvalue weighted by molar-refractivity contribution is 0.0202. The maximum Gasteiger partial charge on any atom is 0.410 e. The van der Waals surface area contributed by atoms with Crippen molar-refractivity contribution in [1.29, 1.82) is 5.41 Å². The second kappa shape index (κ2) is 8.85. The van der Waals surface area contributed by atoms with Crippen LogP contribution in [0.3, 0.4) is 0 Å². The number of carbonyl (C=O) groups excluding carboxylic acids is 1. The fraction of sp³-hybridized carbons (Fsp3) is 0.545. The van der Waals surface area contributed by atoms with Gasteiger partial charge in [0.15, 0.2) is 5.82 Å². The molecule has 10 heteroatoms. The van der Waals surface area contributed by atoms with E-state index in [1.807, 2.05) is 20.8 Å². The Hall–Kier alpha value is -3.01. The van der Waals surface area contributed by atoms with E-state index < -0.39 is 11.4 Å². The molecule has 1 aromatic carbocycles. The van der Waals surface area contributed by atoms with Crippen LogP contribution in [0, 0.1) is 11.2 Å². The van der Waals surface area contributed by atoms with Crippen LogP contribution in [0.5, 0.6) is 0 Å². The summed E-state index contributed by atoms with van der Waals surface area (Å²) in [4.78, 5) is 18.4. The molecule has 2 fully saturated rings. The van der Waals surface area contributed by atoms with Gasteiger partial charge in [0.05, 0.1) is 24.8 Å². The number of ether oxygens (including phenoxy) is 2. The van der Waals surface area contributed by atoms with Crippen molar-refractivity contribution in [2.24, 2.45) is 0 Å². The molecule has 0 saturated carbocycles. The van der Waals surface area contributed by atoms with Crippen LogP contribution >= 0.6 is 0 Å². The van der Waals surface area contributed by atoms with Gasteiger partial charge >= 0.3 is 6.09 Å². The zero-order valence-electron chi connectivity index (χ0n) is 18.5. The van der Waals surface area contributed by atoms with Gasteiger partial charge in [-0.2, -0.15) is 4.98 Å². The molecule has 4 rings (SSSR count). The lowest BCUT2D eigenvalue weighted by Crippen LogP contribution is -2.41. The number of halogens is 1. The molecule has 2 aliphatic rings. The molecule has 0 spiro atoms. The van der Waals surface area contributed by atoms with Crippen molar-refractivity contribution < 1.29 is 23.2 Å². The van der Waals surface area contributed by atoms with Gasteiger partial charge in [-0.1, -0.05) is 5.16 Å². The highest BCUT2D eigenvalue weighted by Gasteiger charge is 2.30. The van der Waals surface area contributed by atoms with Crippen molar-refractivity contribution in [3.8, 4) is 11.5 Å². The number of likely N-dealkylation sites (tertiary alicyclic amines) is 1. The maximum absolute atomic E-state index is 14.7. The molecule has 0 bridgehead atoms. The fourth-order valence-electron chi connectivity index (χ4n) is 3.69. The van der Waals surface area contributed by atoms with E-state index in [2.05, 4.69) is 15.5 Å². The summed E-state index contributed by atoms with van der Waals surface area (Å²) >= 11 is 0. The second-order valence-corrected chi connectivity index (χ2v) is 9.14. The topological polar surface area (TPSA) is 114 Å². The van der Waals surface area contributed by atoms with Gasteiger partial charge in [0.1, 0.15) is 11.4 Å². The predicted molar refractivity (Wildman–Crippen MR) is 116 cm³/mol. The number of nitrogens with one attached hydrogen (secondary N) is 2. The van der Waals surface area contributed by atoms with E-state index in [4.69, 9.17) is 19.4 Å². The summed E-state index contributed by atoms with van der Waals surface area (Å²) in [5.74, 6) is 0.0754. The van der Waals surface area contributed by atoms with E-state index in [9.17, 15) is 9.18 Å². The second-order valence-electron chi connectivity index (χ2n) is 9.14. The molecule has 172 valence electrons. The molecule has 0 unspecified atom stereocenters. The Morgan fingerprint density at radius 3 is 2.62 bits per heavy atom. The van der Waals surface area contributed by atoms with E-state index in [1.54, 1.807) is 11.0 Å². The zero-order chi connectivity index (χ0) is 22.9. The number of carbonyl (C=O) groups is 1. The van der Waals surface area contributed by atoms with E-state index >= 15 is 0 Å². The molecule has 1 amide bonds. The van der Waals surface area contributed by atoms with Crippen LogP contribution in [-0.2, 0) is 9.47 Å². The Balaban J connectivity index is 1.45. The minimum absolute atomic E-state index is 0.0137.